The Bertz CT molecular complexity index is 394. The minimum absolute atomic E-state index is 0.0660. The van der Waals surface area contributed by atoms with Crippen molar-refractivity contribution in [1.82, 2.24) is 9.97 Å². The molecule has 0 aliphatic rings. The number of guanidine groups is 1. The molecule has 0 unspecified atom stereocenters. The fraction of sp³-hybridized carbons (Fsp3) is 0.286. The molecule has 0 atom stereocenters. The Kier molecular flexibility index (Phi) is 3.59. The van der Waals surface area contributed by atoms with E-state index in [-0.39, 0.29) is 17.6 Å². The maximum atomic E-state index is 5.67. The average Bonchev–Trinajstić information content (AvgIpc) is 1.99. The summed E-state index contributed by atoms with van der Waals surface area (Å²) in [4.78, 5) is 11.5. The van der Waals surface area contributed by atoms with Crippen LogP contribution in [-0.2, 0) is 3.79 Å². The van der Waals surface area contributed by atoms with Gasteiger partial charge in [-0.25, -0.2) is 9.97 Å². The first kappa shape index (κ1) is 12.3. The Labute approximate surface area is 101 Å². The summed E-state index contributed by atoms with van der Waals surface area (Å²) >= 11 is 17.0. The molecule has 0 spiro atoms. The van der Waals surface area contributed by atoms with Crippen LogP contribution in [0.15, 0.2) is 11.1 Å². The van der Waals surface area contributed by atoms with Crippen LogP contribution in [0.4, 0.5) is 5.95 Å². The Morgan fingerprint density at radius 2 is 1.93 bits per heavy atom. The fourth-order valence-electron chi connectivity index (χ4n) is 0.864. The van der Waals surface area contributed by atoms with Crippen molar-refractivity contribution in [2.24, 2.45) is 16.5 Å². The molecule has 0 fully saturated rings. The van der Waals surface area contributed by atoms with E-state index >= 15 is 0 Å². The molecule has 0 amide bonds. The van der Waals surface area contributed by atoms with Crippen LogP contribution >= 0.6 is 34.8 Å². The topological polar surface area (TPSA) is 90.2 Å². The number of hydrogen-bond acceptors (Lipinski definition) is 3. The average molecular weight is 269 g/mol. The standard InChI is InChI=1S/C7H8Cl3N5/c1-3-2-4(7(8,9)10)14-6(13-3)15-5(11)12/h2H,1H3,(H4,11,12,13,14,15). The van der Waals surface area contributed by atoms with Crippen LogP contribution in [0.2, 0.25) is 0 Å². The molecule has 0 saturated heterocycles. The Balaban J connectivity index is 3.23. The third-order valence-corrected chi connectivity index (χ3v) is 1.94. The highest BCUT2D eigenvalue weighted by Crippen LogP contribution is 2.37. The summed E-state index contributed by atoms with van der Waals surface area (Å²) in [6.07, 6.45) is 0. The highest BCUT2D eigenvalue weighted by molar-refractivity contribution is 6.66. The van der Waals surface area contributed by atoms with Gasteiger partial charge in [0.25, 0.3) is 5.95 Å². The summed E-state index contributed by atoms with van der Waals surface area (Å²) in [6, 6.07) is 1.54. The second-order valence-electron chi connectivity index (χ2n) is 2.73. The molecule has 0 radical (unpaired) electrons. The lowest BCUT2D eigenvalue weighted by Gasteiger charge is -2.10. The van der Waals surface area contributed by atoms with Crippen molar-refractivity contribution in [3.63, 3.8) is 0 Å². The highest BCUT2D eigenvalue weighted by atomic mass is 35.6. The molecule has 0 aromatic carbocycles. The molecule has 0 aliphatic carbocycles. The van der Waals surface area contributed by atoms with Crippen molar-refractivity contribution in [2.45, 2.75) is 10.7 Å². The maximum Gasteiger partial charge on any atom is 0.253 e. The van der Waals surface area contributed by atoms with Gasteiger partial charge in [-0.1, -0.05) is 34.8 Å². The Morgan fingerprint density at radius 3 is 2.40 bits per heavy atom. The lowest BCUT2D eigenvalue weighted by atomic mass is 10.3. The molecule has 8 heteroatoms. The van der Waals surface area contributed by atoms with Crippen LogP contribution in [0.5, 0.6) is 0 Å². The third-order valence-electron chi connectivity index (χ3n) is 1.36. The second-order valence-corrected chi connectivity index (χ2v) is 5.01. The monoisotopic (exact) mass is 267 g/mol. The third kappa shape index (κ3) is 3.70. The number of nitrogens with zero attached hydrogens (tertiary/aromatic N) is 3. The van der Waals surface area contributed by atoms with Gasteiger partial charge in [-0.3, -0.25) is 0 Å². The van der Waals surface area contributed by atoms with Gasteiger partial charge in [0.2, 0.25) is 3.79 Å². The quantitative estimate of drug-likeness (QED) is 0.459. The van der Waals surface area contributed by atoms with E-state index in [1.165, 1.54) is 0 Å². The zero-order chi connectivity index (χ0) is 11.6. The number of halogens is 3. The van der Waals surface area contributed by atoms with E-state index in [4.69, 9.17) is 46.3 Å². The van der Waals surface area contributed by atoms with Gasteiger partial charge in [-0.05, 0) is 13.0 Å². The van der Waals surface area contributed by atoms with Crippen LogP contribution in [0, 0.1) is 6.92 Å². The molecular weight excluding hydrogens is 260 g/mol. The number of aromatic nitrogens is 2. The minimum atomic E-state index is -1.62. The maximum absolute atomic E-state index is 5.67. The fourth-order valence-corrected chi connectivity index (χ4v) is 1.15. The molecule has 4 N–H and O–H groups in total. The molecule has 1 aromatic rings. The Morgan fingerprint density at radius 1 is 1.33 bits per heavy atom. The summed E-state index contributed by atoms with van der Waals surface area (Å²) in [5.74, 6) is -0.0906. The summed E-state index contributed by atoms with van der Waals surface area (Å²) < 4.78 is -1.62. The summed E-state index contributed by atoms with van der Waals surface area (Å²) in [5.41, 5.74) is 11.2. The van der Waals surface area contributed by atoms with Crippen LogP contribution < -0.4 is 11.5 Å². The number of rotatable bonds is 1. The molecule has 15 heavy (non-hydrogen) atoms. The number of nitrogens with two attached hydrogens (primary N) is 2. The van der Waals surface area contributed by atoms with E-state index in [0.717, 1.165) is 0 Å². The number of alkyl halides is 3. The van der Waals surface area contributed by atoms with Crippen LogP contribution in [-0.4, -0.2) is 15.9 Å². The van der Waals surface area contributed by atoms with Gasteiger partial charge < -0.3 is 11.5 Å². The second kappa shape index (κ2) is 4.38. The van der Waals surface area contributed by atoms with Gasteiger partial charge in [0.15, 0.2) is 5.96 Å². The predicted octanol–water partition coefficient (Wildman–Crippen LogP) is 1.52. The van der Waals surface area contributed by atoms with Crippen molar-refractivity contribution < 1.29 is 0 Å². The minimum Gasteiger partial charge on any atom is -0.370 e. The smallest absolute Gasteiger partial charge is 0.253 e. The van der Waals surface area contributed by atoms with E-state index in [2.05, 4.69) is 15.0 Å². The predicted molar refractivity (Wildman–Crippen MR) is 61.5 cm³/mol. The molecule has 0 bridgehead atoms. The summed E-state index contributed by atoms with van der Waals surface area (Å²) in [5, 5.41) is 0. The SMILES string of the molecule is Cc1cc(C(Cl)(Cl)Cl)nc(N=C(N)N)n1. The molecular formula is C7H8Cl3N5. The van der Waals surface area contributed by atoms with Crippen molar-refractivity contribution in [1.29, 1.82) is 0 Å². The summed E-state index contributed by atoms with van der Waals surface area (Å²) in [6.45, 7) is 1.72. The van der Waals surface area contributed by atoms with Gasteiger partial charge in [0.1, 0.15) is 0 Å². The molecule has 0 saturated carbocycles. The number of aliphatic imine (C=N–C) groups is 1. The first-order valence-corrected chi connectivity index (χ1v) is 4.95. The normalized spacial score (nSPS) is 11.2. The van der Waals surface area contributed by atoms with Gasteiger partial charge in [-0.2, -0.15) is 4.99 Å². The van der Waals surface area contributed by atoms with Crippen molar-refractivity contribution in [2.75, 3.05) is 0 Å². The summed E-state index contributed by atoms with van der Waals surface area (Å²) in [7, 11) is 0. The zero-order valence-corrected chi connectivity index (χ0v) is 9.98. The molecule has 0 aliphatic heterocycles. The first-order valence-electron chi connectivity index (χ1n) is 3.81. The van der Waals surface area contributed by atoms with Crippen LogP contribution in [0.3, 0.4) is 0 Å². The number of aryl methyl sites for hydroxylation is 1. The van der Waals surface area contributed by atoms with Crippen LogP contribution in [0.1, 0.15) is 11.4 Å². The van der Waals surface area contributed by atoms with E-state index in [1.807, 2.05) is 0 Å². The van der Waals surface area contributed by atoms with E-state index in [1.54, 1.807) is 13.0 Å². The van der Waals surface area contributed by atoms with Crippen molar-refractivity contribution in [3.05, 3.63) is 17.5 Å². The van der Waals surface area contributed by atoms with Gasteiger partial charge in [-0.15, -0.1) is 0 Å². The lowest BCUT2D eigenvalue weighted by Crippen LogP contribution is -2.22. The Hall–Kier alpha value is -0.780. The van der Waals surface area contributed by atoms with Gasteiger partial charge in [0, 0.05) is 5.69 Å². The highest BCUT2D eigenvalue weighted by Gasteiger charge is 2.25. The molecule has 1 aromatic heterocycles. The first-order chi connectivity index (χ1) is 6.79. The molecule has 1 heterocycles. The van der Waals surface area contributed by atoms with Crippen molar-refractivity contribution in [3.8, 4) is 0 Å². The molecule has 5 nitrogen and oxygen atoms in total. The van der Waals surface area contributed by atoms with Crippen molar-refractivity contribution >= 4 is 46.7 Å². The lowest BCUT2D eigenvalue weighted by molar-refractivity contribution is 0.992. The van der Waals surface area contributed by atoms with Gasteiger partial charge in [0.05, 0.1) is 5.69 Å². The molecule has 1 rings (SSSR count). The largest absolute Gasteiger partial charge is 0.370 e. The van der Waals surface area contributed by atoms with E-state index in [9.17, 15) is 0 Å². The van der Waals surface area contributed by atoms with E-state index in [0.29, 0.717) is 5.69 Å². The van der Waals surface area contributed by atoms with Gasteiger partial charge >= 0.3 is 0 Å². The zero-order valence-electron chi connectivity index (χ0n) is 7.71. The van der Waals surface area contributed by atoms with Crippen LogP contribution in [0.25, 0.3) is 0 Å². The molecule has 82 valence electrons. The van der Waals surface area contributed by atoms with E-state index < -0.39 is 3.79 Å². The number of hydrogen-bond donors (Lipinski definition) is 2.